The highest BCUT2D eigenvalue weighted by molar-refractivity contribution is 5.76. The van der Waals surface area contributed by atoms with Crippen molar-refractivity contribution >= 4 is 5.91 Å². The van der Waals surface area contributed by atoms with Crippen molar-refractivity contribution in [1.29, 1.82) is 0 Å². The predicted octanol–water partition coefficient (Wildman–Crippen LogP) is 1.84. The molecule has 284 valence electrons. The maximum Gasteiger partial charge on any atom is 0.222 e. The van der Waals surface area contributed by atoms with Crippen LogP contribution in [0.3, 0.4) is 0 Å². The first kappa shape index (κ1) is 43.2. The number of amides is 1. The highest BCUT2D eigenvalue weighted by Gasteiger charge is 2.51. The Kier molecular flexibility index (Phi) is 24.2. The van der Waals surface area contributed by atoms with E-state index < -0.39 is 36.8 Å². The van der Waals surface area contributed by atoms with Gasteiger partial charge in [0.2, 0.25) is 5.91 Å². The summed E-state index contributed by atoms with van der Waals surface area (Å²) < 4.78 is 5.34. The molecule has 9 N–H and O–H groups in total. The maximum absolute atomic E-state index is 13.2. The third-order valence-corrected chi connectivity index (χ3v) is 10.0. The van der Waals surface area contributed by atoms with Crippen LogP contribution in [0.4, 0.5) is 0 Å². The van der Waals surface area contributed by atoms with Crippen molar-refractivity contribution in [3.63, 3.8) is 0 Å². The number of aliphatic hydroxyl groups excluding tert-OH is 4. The quantitative estimate of drug-likeness (QED) is 0.0825. The van der Waals surface area contributed by atoms with Gasteiger partial charge in [0.25, 0.3) is 0 Å². The zero-order valence-corrected chi connectivity index (χ0v) is 30.0. The van der Waals surface area contributed by atoms with Gasteiger partial charge in [0, 0.05) is 45.6 Å². The Bertz CT molecular complexity index is 798. The Balaban J connectivity index is 1.62. The molecule has 12 heteroatoms. The van der Waals surface area contributed by atoms with Gasteiger partial charge < -0.3 is 56.4 Å². The smallest absolute Gasteiger partial charge is 0.222 e. The molecule has 0 saturated carbocycles. The topological polar surface area (TPSA) is 184 Å². The van der Waals surface area contributed by atoms with Crippen LogP contribution in [0.5, 0.6) is 0 Å². The van der Waals surface area contributed by atoms with Crippen LogP contribution in [-0.4, -0.2) is 143 Å². The predicted molar refractivity (Wildman–Crippen MR) is 190 cm³/mol. The summed E-state index contributed by atoms with van der Waals surface area (Å²) in [5, 5.41) is 57.2. The summed E-state index contributed by atoms with van der Waals surface area (Å²) in [5.74, 6) is -1.72. The molecule has 0 aromatic heterocycles. The summed E-state index contributed by atoms with van der Waals surface area (Å²) in [7, 11) is 0. The summed E-state index contributed by atoms with van der Waals surface area (Å²) in [5.41, 5.74) is 5.59. The number of ether oxygens (including phenoxy) is 1. The Morgan fingerprint density at radius 3 is 1.94 bits per heavy atom. The average molecular weight is 688 g/mol. The van der Waals surface area contributed by atoms with Crippen LogP contribution in [0.2, 0.25) is 0 Å². The van der Waals surface area contributed by atoms with Crippen molar-refractivity contribution in [3.8, 4) is 0 Å². The van der Waals surface area contributed by atoms with Crippen LogP contribution in [0.25, 0.3) is 0 Å². The van der Waals surface area contributed by atoms with Crippen LogP contribution >= 0.6 is 0 Å². The van der Waals surface area contributed by atoms with Gasteiger partial charge in [-0.15, -0.1) is 0 Å². The minimum absolute atomic E-state index is 0.110. The lowest BCUT2D eigenvalue weighted by Crippen LogP contribution is -2.65. The van der Waals surface area contributed by atoms with E-state index in [4.69, 9.17) is 10.5 Å². The molecule has 1 amide bonds. The monoisotopic (exact) mass is 688 g/mol. The molecule has 48 heavy (non-hydrogen) atoms. The van der Waals surface area contributed by atoms with Gasteiger partial charge in [-0.25, -0.2) is 0 Å². The number of carbonyl (C=O) groups excluding carboxylic acids is 1. The molecule has 2 fully saturated rings. The van der Waals surface area contributed by atoms with Crippen molar-refractivity contribution in [2.75, 3.05) is 72.1 Å². The van der Waals surface area contributed by atoms with Crippen LogP contribution in [0, 0.1) is 0 Å². The van der Waals surface area contributed by atoms with Crippen molar-refractivity contribution in [1.82, 2.24) is 20.4 Å². The number of unbranched alkanes of at least 4 members (excludes halogenated alkanes) is 13. The largest absolute Gasteiger partial charge is 0.394 e. The summed E-state index contributed by atoms with van der Waals surface area (Å²) in [6.07, 6.45) is 13.5. The summed E-state index contributed by atoms with van der Waals surface area (Å²) in [6, 6.07) is 0. The normalized spacial score (nSPS) is 27.2. The van der Waals surface area contributed by atoms with Gasteiger partial charge in [0.1, 0.15) is 24.4 Å². The first-order valence-electron chi connectivity index (χ1n) is 19.5. The molecule has 0 spiro atoms. The van der Waals surface area contributed by atoms with E-state index in [-0.39, 0.29) is 12.3 Å². The molecule has 0 unspecified atom stereocenters. The van der Waals surface area contributed by atoms with E-state index in [0.717, 1.165) is 123 Å². The van der Waals surface area contributed by atoms with Crippen molar-refractivity contribution in [2.45, 2.75) is 152 Å². The Morgan fingerprint density at radius 2 is 1.29 bits per heavy atom. The number of carbonyl (C=O) groups is 1. The van der Waals surface area contributed by atoms with Crippen LogP contribution < -0.4 is 16.4 Å². The second kappa shape index (κ2) is 26.8. The van der Waals surface area contributed by atoms with Gasteiger partial charge in [-0.2, -0.15) is 0 Å². The molecule has 0 bridgehead atoms. The molecule has 0 aromatic carbocycles. The molecule has 5 atom stereocenters. The maximum atomic E-state index is 13.2. The highest BCUT2D eigenvalue weighted by Crippen LogP contribution is 2.32. The first-order valence-corrected chi connectivity index (χ1v) is 19.5. The second-order valence-corrected chi connectivity index (χ2v) is 14.1. The lowest BCUT2D eigenvalue weighted by atomic mass is 9.89. The average Bonchev–Trinajstić information content (AvgIpc) is 3.08. The van der Waals surface area contributed by atoms with Crippen molar-refractivity contribution in [3.05, 3.63) is 0 Å². The molecule has 2 aliphatic rings. The Hall–Kier alpha value is -0.930. The molecule has 2 rings (SSSR count). The zero-order chi connectivity index (χ0) is 34.9. The van der Waals surface area contributed by atoms with Gasteiger partial charge in [0.05, 0.1) is 6.61 Å². The van der Waals surface area contributed by atoms with E-state index in [0.29, 0.717) is 12.8 Å². The molecule has 0 aromatic rings. The van der Waals surface area contributed by atoms with E-state index in [1.165, 1.54) is 44.9 Å². The fourth-order valence-electron chi connectivity index (χ4n) is 6.89. The van der Waals surface area contributed by atoms with Crippen LogP contribution in [0.1, 0.15) is 122 Å². The number of nitrogens with one attached hydrogen (secondary N) is 2. The lowest BCUT2D eigenvalue weighted by Gasteiger charge is -2.45. The number of rotatable bonds is 21. The number of nitrogens with zero attached hydrogens (tertiary/aromatic N) is 2. The van der Waals surface area contributed by atoms with Gasteiger partial charge in [-0.1, -0.05) is 70.6 Å². The lowest BCUT2D eigenvalue weighted by molar-refractivity contribution is -0.351. The summed E-state index contributed by atoms with van der Waals surface area (Å²) >= 11 is 0. The van der Waals surface area contributed by atoms with Crippen LogP contribution in [0.15, 0.2) is 0 Å². The number of hydrogen-bond acceptors (Lipinski definition) is 11. The van der Waals surface area contributed by atoms with Gasteiger partial charge >= 0.3 is 0 Å². The number of nitrogens with two attached hydrogens (primary N) is 1. The SMILES string of the molecule is NCCCCCCCCCCN1CCCN(C(=O)CCCCCCCCC[C@]2(O)O[C@H](CO)[C@@H](O)[C@H](O)[C@H]2O)CCNCCCNCC1. The third-order valence-electron chi connectivity index (χ3n) is 10.0. The number of hydrogen-bond donors (Lipinski definition) is 8. The molecule has 2 heterocycles. The van der Waals surface area contributed by atoms with Gasteiger partial charge in [0.15, 0.2) is 5.79 Å². The minimum atomic E-state index is -1.98. The Morgan fingerprint density at radius 1 is 0.708 bits per heavy atom. The molecule has 2 aliphatic heterocycles. The molecule has 2 saturated heterocycles. The fourth-order valence-corrected chi connectivity index (χ4v) is 6.89. The van der Waals surface area contributed by atoms with Gasteiger partial charge in [-0.3, -0.25) is 4.79 Å². The van der Waals surface area contributed by atoms with E-state index in [9.17, 15) is 30.3 Å². The fraction of sp³-hybridized carbons (Fsp3) is 0.972. The van der Waals surface area contributed by atoms with Crippen molar-refractivity contribution in [2.24, 2.45) is 5.73 Å². The minimum Gasteiger partial charge on any atom is -0.394 e. The van der Waals surface area contributed by atoms with Crippen molar-refractivity contribution < 1.29 is 35.1 Å². The van der Waals surface area contributed by atoms with E-state index >= 15 is 0 Å². The summed E-state index contributed by atoms with van der Waals surface area (Å²) in [4.78, 5) is 17.9. The second-order valence-electron chi connectivity index (χ2n) is 14.1. The van der Waals surface area contributed by atoms with E-state index in [2.05, 4.69) is 20.4 Å². The first-order chi connectivity index (χ1) is 23.3. The van der Waals surface area contributed by atoms with Crippen LogP contribution in [-0.2, 0) is 9.53 Å². The van der Waals surface area contributed by atoms with E-state index in [1.807, 2.05) is 0 Å². The third kappa shape index (κ3) is 17.8. The molecule has 12 nitrogen and oxygen atoms in total. The molecular weight excluding hydrogens is 614 g/mol. The summed E-state index contributed by atoms with van der Waals surface area (Å²) in [6.45, 7) is 8.90. The molecular formula is C36H73N5O7. The van der Waals surface area contributed by atoms with E-state index in [1.54, 1.807) is 0 Å². The molecule has 0 radical (unpaired) electrons. The van der Waals surface area contributed by atoms with Gasteiger partial charge in [-0.05, 0) is 71.2 Å². The Labute approximate surface area is 291 Å². The highest BCUT2D eigenvalue weighted by atomic mass is 16.7. The standard InChI is InChI=1S/C36H73N5O7/c37-20-14-10-6-1-2-7-11-15-25-40-26-17-27-41(29-24-39-22-16-21-38-23-28-40)32(43)18-12-8-4-3-5-9-13-19-36(47)35(46)34(45)33(44)31(30-42)48-36/h31,33-35,38-39,42,44-47H,1-30,37H2/t31-,33-,34+,35-,36+/m1/s1. The zero-order valence-electron chi connectivity index (χ0n) is 30.0. The molecule has 0 aliphatic carbocycles. The number of aliphatic hydroxyl groups is 5.